The van der Waals surface area contributed by atoms with E-state index in [0.29, 0.717) is 78.5 Å². The number of benzene rings is 4. The van der Waals surface area contributed by atoms with Gasteiger partial charge in [-0.15, -0.1) is 22.7 Å². The van der Waals surface area contributed by atoms with Gasteiger partial charge in [-0.3, -0.25) is 72.4 Å². The van der Waals surface area contributed by atoms with Crippen molar-refractivity contribution in [2.75, 3.05) is 77.8 Å². The largest absolute Gasteiger partial charge is 0.384 e. The van der Waals surface area contributed by atoms with Crippen LogP contribution >= 0.6 is 45.6 Å². The third kappa shape index (κ3) is 23.4. The van der Waals surface area contributed by atoms with Crippen LogP contribution in [0.1, 0.15) is 122 Å². The van der Waals surface area contributed by atoms with Gasteiger partial charge < -0.3 is 53.6 Å². The van der Waals surface area contributed by atoms with Gasteiger partial charge in [0, 0.05) is 95.1 Å². The van der Waals surface area contributed by atoms with Crippen molar-refractivity contribution in [1.29, 1.82) is 0 Å². The zero-order valence-electron chi connectivity index (χ0n) is 78.2. The number of nitrogens with zero attached hydrogens (tertiary/aromatic N) is 16. The van der Waals surface area contributed by atoms with Gasteiger partial charge >= 0.3 is 24.1 Å². The average molecular weight is 1960 g/mol. The summed E-state index contributed by atoms with van der Waals surface area (Å²) < 4.78 is 1.58. The lowest BCUT2D eigenvalue weighted by atomic mass is 9.81. The van der Waals surface area contributed by atoms with Crippen molar-refractivity contribution in [3.63, 3.8) is 0 Å². The second-order valence-electron chi connectivity index (χ2n) is 33.8. The molecule has 0 spiro atoms. The minimum atomic E-state index is -0.999. The molecule has 12 aromatic rings. The van der Waals surface area contributed by atoms with Gasteiger partial charge in [-0.25, -0.2) is 44.1 Å². The number of hydrogen-bond acceptors (Lipinski definition) is 25. The summed E-state index contributed by atoms with van der Waals surface area (Å²) in [5.74, 6) is -3.53. The van der Waals surface area contributed by atoms with Crippen LogP contribution in [-0.2, 0) is 71.1 Å². The molecule has 12 atom stereocenters. The summed E-state index contributed by atoms with van der Waals surface area (Å²) in [6.45, 7) is 7.81. The summed E-state index contributed by atoms with van der Waals surface area (Å²) >= 11 is 10.4. The Bertz CT molecular complexity index is 5910. The summed E-state index contributed by atoms with van der Waals surface area (Å²) in [5, 5.41) is 21.7. The first-order chi connectivity index (χ1) is 66.8. The number of likely N-dealkylation sites (tertiary alicyclic amines) is 4. The van der Waals surface area contributed by atoms with E-state index in [4.69, 9.17) is 34.5 Å². The topological polar surface area (TPSA) is 456 Å². The minimum absolute atomic E-state index is 0.247. The molecular weight excluding hydrogens is 1850 g/mol. The number of nitrogen functional groups attached to an aromatic ring is 4. The number of amides is 16. The van der Waals surface area contributed by atoms with Crippen molar-refractivity contribution in [3.05, 3.63) is 296 Å². The van der Waals surface area contributed by atoms with Crippen molar-refractivity contribution in [2.45, 2.75) is 127 Å². The number of urea groups is 4. The van der Waals surface area contributed by atoms with Crippen LogP contribution in [0.15, 0.2) is 246 Å². The van der Waals surface area contributed by atoms with Crippen LogP contribution in [0.25, 0.3) is 0 Å². The van der Waals surface area contributed by atoms with Crippen molar-refractivity contribution in [1.82, 2.24) is 75.2 Å². The lowest BCUT2D eigenvalue weighted by Gasteiger charge is -2.47. The zero-order valence-corrected chi connectivity index (χ0v) is 81.4. The van der Waals surface area contributed by atoms with E-state index in [1.165, 1.54) is 58.5 Å². The SMILES string of the molecule is CC[C@@H](NC(=O)N1C(=O)[C@H](Cc2ccnc(N)c2)[C@H]1C(=O)N(C)c1cccs1)c1ccccc1.CC[C@@H](NC(=O)N1C(=O)[C@H](Cc2ccnc(N)c2)[C@H]1C(=O)N(C)c1ccsc1)c1ccccc1.CC[C@@H](NC(=O)N1C(=O)[C@H](Cc2ccnc(N)c2)[C@H]1C(=O)N(C)c1cscn1)c1ccccc1.CC[C@H](c1cccc(Cl)c1)N(C)C(=O)N1C(=O)[C@H](Cc2ccnc(N)c2)[C@H]1C(=O)N(C)c1ccn(C)n1. The highest BCUT2D eigenvalue weighted by Gasteiger charge is 2.60. The molecule has 4 saturated heterocycles. The Balaban J connectivity index is 0.000000156. The molecule has 0 aliphatic carbocycles. The van der Waals surface area contributed by atoms with E-state index in [9.17, 15) is 57.5 Å². The molecule has 0 radical (unpaired) electrons. The molecule has 8 aromatic heterocycles. The number of hydrogen-bond donors (Lipinski definition) is 7. The Hall–Kier alpha value is -15.2. The summed E-state index contributed by atoms with van der Waals surface area (Å²) in [6, 6.07) is 49.6. The molecule has 0 unspecified atom stereocenters. The highest BCUT2D eigenvalue weighted by Crippen LogP contribution is 2.41. The maximum absolute atomic E-state index is 13.7. The van der Waals surface area contributed by atoms with Crippen molar-refractivity contribution in [3.8, 4) is 0 Å². The molecule has 722 valence electrons. The monoisotopic (exact) mass is 1960 g/mol. The van der Waals surface area contributed by atoms with Crippen LogP contribution in [-0.4, -0.2) is 190 Å². The number of aryl methyl sites for hydroxylation is 1. The van der Waals surface area contributed by atoms with Crippen molar-refractivity contribution < 1.29 is 57.5 Å². The van der Waals surface area contributed by atoms with Gasteiger partial charge in [0.2, 0.25) is 23.6 Å². The van der Waals surface area contributed by atoms with Gasteiger partial charge in [0.25, 0.3) is 23.6 Å². The van der Waals surface area contributed by atoms with Gasteiger partial charge in [-0.2, -0.15) is 16.4 Å². The number of likely N-dealkylation sites (N-methyl/N-ethyl adjacent to an activating group) is 4. The fraction of sp³-hybridized carbons (Fsp3) is 0.300. The van der Waals surface area contributed by atoms with Crippen LogP contribution in [0.3, 0.4) is 0 Å². The Morgan fingerprint density at radius 3 is 1.12 bits per heavy atom. The molecule has 139 heavy (non-hydrogen) atoms. The lowest BCUT2D eigenvalue weighted by molar-refractivity contribution is -0.157. The van der Waals surface area contributed by atoms with Crippen LogP contribution < -0.4 is 58.5 Å². The molecule has 12 heterocycles. The quantitative estimate of drug-likeness (QED) is 0.0224. The normalized spacial score (nSPS) is 18.1. The number of rotatable bonds is 28. The first-order valence-corrected chi connectivity index (χ1v) is 48.2. The number of halogens is 1. The molecular formula is C100H110ClN23O12S3. The number of carbonyl (C=O) groups is 12. The van der Waals surface area contributed by atoms with E-state index in [1.54, 1.807) is 156 Å². The molecule has 16 amide bonds. The summed E-state index contributed by atoms with van der Waals surface area (Å²) in [4.78, 5) is 192. The molecule has 16 rings (SSSR count). The predicted molar refractivity (Wildman–Crippen MR) is 535 cm³/mol. The number of pyridine rings is 4. The second kappa shape index (κ2) is 46.1. The van der Waals surface area contributed by atoms with Gasteiger partial charge in [0.15, 0.2) is 5.82 Å². The van der Waals surface area contributed by atoms with Crippen molar-refractivity contribution in [2.24, 2.45) is 30.7 Å². The zero-order chi connectivity index (χ0) is 99.6. The Morgan fingerprint density at radius 1 is 0.403 bits per heavy atom. The molecule has 35 nitrogen and oxygen atoms in total. The smallest absolute Gasteiger partial charge is 0.327 e. The number of anilines is 8. The highest BCUT2D eigenvalue weighted by atomic mass is 35.5. The highest BCUT2D eigenvalue weighted by molar-refractivity contribution is 7.14. The minimum Gasteiger partial charge on any atom is -0.384 e. The van der Waals surface area contributed by atoms with E-state index < -0.39 is 89.7 Å². The Kier molecular flexibility index (Phi) is 33.6. The number of imide groups is 4. The van der Waals surface area contributed by atoms with Gasteiger partial charge in [0.1, 0.15) is 53.3 Å². The van der Waals surface area contributed by atoms with E-state index in [-0.39, 0.29) is 66.5 Å². The van der Waals surface area contributed by atoms with Crippen LogP contribution in [0.5, 0.6) is 0 Å². The first kappa shape index (κ1) is 101. The fourth-order valence-corrected chi connectivity index (χ4v) is 19.5. The third-order valence-electron chi connectivity index (χ3n) is 24.9. The molecule has 11 N–H and O–H groups in total. The number of thiophene rings is 2. The lowest BCUT2D eigenvalue weighted by Crippen LogP contribution is -2.70. The van der Waals surface area contributed by atoms with Crippen LogP contribution in [0, 0.1) is 23.7 Å². The predicted octanol–water partition coefficient (Wildman–Crippen LogP) is 13.5. The maximum atomic E-state index is 13.7. The van der Waals surface area contributed by atoms with E-state index in [2.05, 4.69) is 46.0 Å². The number of carbonyl (C=O) groups excluding carboxylic acids is 12. The molecule has 39 heteroatoms. The number of nitrogens with two attached hydrogens (primary N) is 4. The number of aromatic nitrogens is 7. The van der Waals surface area contributed by atoms with Crippen LogP contribution in [0.4, 0.5) is 64.8 Å². The average Bonchev–Trinajstić information content (AvgIpc) is 1.40. The fourth-order valence-electron chi connectivity index (χ4n) is 17.4. The molecule has 4 aliphatic rings. The van der Waals surface area contributed by atoms with E-state index >= 15 is 0 Å². The summed E-state index contributed by atoms with van der Waals surface area (Å²) in [6.07, 6.45) is 11.6. The maximum Gasteiger partial charge on any atom is 0.327 e. The van der Waals surface area contributed by atoms with Gasteiger partial charge in [-0.1, -0.05) is 142 Å². The molecule has 4 aliphatic heterocycles. The third-order valence-corrected chi connectivity index (χ3v) is 27.3. The standard InChI is InChI=1S/C26H30ClN7O3.2C25H27N5O3S.C24H26N6O3S/c1-5-20(17-7-6-8-18(27)15-17)32(3)26(37)34-23(25(36)33(4)22-10-12-31(2)30-22)19(24(34)35)13-16-9-11-29-21(28)14-16;1-3-19(17-8-5-4-6-9-17)28-25(33)30-22(24(32)29(2)21-10-7-13-34-21)18(23(30)31)14-16-11-12-27-20(26)15-16;1-3-20(17-7-5-4-6-8-17)28-25(33)30-22(24(32)29(2)18-10-12-34-15-18)19(23(30)31)13-16-9-11-27-21(26)14-16;1-3-18(16-7-5-4-6-8-16)28-24(33)30-21(23(32)29(2)20-13-34-14-27-20)17(22(30)31)11-15-9-10-26-19(25)12-15/h6-12,14-15,19-20,23H,5,13H2,1-4H3,(H2,28,29);4-13,15,18-19,22H,3,14H2,1-2H3,(H2,26,27)(H,28,33);4-12,14-15,19-20,22H,3,13H2,1-2H3,(H2,26,27)(H,28,33);4-10,12-14,17-18,21H,3,11H2,1-2H3,(H2,25,26)(H,28,33)/t19-,20-,23+;18-,19-,22+;19-,20-,22+;17-,18-,21+/m1111/s1. The Morgan fingerprint density at radius 2 is 0.784 bits per heavy atom. The first-order valence-electron chi connectivity index (χ1n) is 45.1. The molecule has 4 aromatic carbocycles. The number of thiazole rings is 1. The van der Waals surface area contributed by atoms with Gasteiger partial charge in [-0.05, 0) is 185 Å². The number of nitrogens with one attached hydrogen (secondary N) is 3. The van der Waals surface area contributed by atoms with Gasteiger partial charge in [0.05, 0.1) is 64.0 Å². The molecule has 0 bridgehead atoms. The molecule has 0 saturated carbocycles. The van der Waals surface area contributed by atoms with E-state index in [0.717, 1.165) is 74.8 Å². The second-order valence-corrected chi connectivity index (χ2v) is 36.6. The summed E-state index contributed by atoms with van der Waals surface area (Å²) in [5.41, 5.74) is 32.3. The van der Waals surface area contributed by atoms with Crippen molar-refractivity contribution >= 4 is 163 Å². The Labute approximate surface area is 821 Å². The van der Waals surface area contributed by atoms with Crippen LogP contribution in [0.2, 0.25) is 5.02 Å². The summed E-state index contributed by atoms with van der Waals surface area (Å²) in [7, 11) is 9.87. The van der Waals surface area contributed by atoms with E-state index in [1.807, 2.05) is 165 Å². The number of β-lactam (4-membered cyclic amide) rings is 4. The molecule has 4 fully saturated rings.